The van der Waals surface area contributed by atoms with Crippen molar-refractivity contribution in [2.24, 2.45) is 0 Å². The smallest absolute Gasteiger partial charge is 0.276 e. The van der Waals surface area contributed by atoms with E-state index in [9.17, 15) is 14.4 Å². The number of hydrogen-bond donors (Lipinski definition) is 2. The maximum atomic E-state index is 12.6. The van der Waals surface area contributed by atoms with Gasteiger partial charge in [-0.3, -0.25) is 19.5 Å². The Labute approximate surface area is 160 Å². The first kappa shape index (κ1) is 18.8. The van der Waals surface area contributed by atoms with Gasteiger partial charge in [-0.1, -0.05) is 12.1 Å². The Morgan fingerprint density at radius 1 is 1.30 bits per heavy atom. The van der Waals surface area contributed by atoms with Gasteiger partial charge in [-0.25, -0.2) is 4.98 Å². The van der Waals surface area contributed by atoms with E-state index in [1.165, 1.54) is 22.9 Å². The summed E-state index contributed by atoms with van der Waals surface area (Å²) in [5.41, 5.74) is 3.05. The molecule has 7 nitrogen and oxygen atoms in total. The van der Waals surface area contributed by atoms with Crippen LogP contribution in [0.25, 0.3) is 5.13 Å². The van der Waals surface area contributed by atoms with Crippen molar-refractivity contribution >= 4 is 28.7 Å². The van der Waals surface area contributed by atoms with Gasteiger partial charge < -0.3 is 5.32 Å². The fraction of sp³-hybridized carbons (Fsp3) is 0.263. The normalized spacial score (nSPS) is 10.8. The number of ketones is 1. The lowest BCUT2D eigenvalue weighted by Crippen LogP contribution is -2.19. The molecule has 3 rings (SSSR count). The van der Waals surface area contributed by atoms with E-state index in [4.69, 9.17) is 0 Å². The molecule has 0 aliphatic carbocycles. The molecule has 140 valence electrons. The van der Waals surface area contributed by atoms with E-state index in [0.29, 0.717) is 28.4 Å². The number of Topliss-reactive ketones (excluding diaryl/α,β-unsaturated/α-hetero) is 1. The summed E-state index contributed by atoms with van der Waals surface area (Å²) in [7, 11) is 0. The van der Waals surface area contributed by atoms with Gasteiger partial charge in [-0.05, 0) is 39.3 Å². The quantitative estimate of drug-likeness (QED) is 0.639. The van der Waals surface area contributed by atoms with Gasteiger partial charge >= 0.3 is 0 Å². The number of benzene rings is 1. The van der Waals surface area contributed by atoms with Crippen LogP contribution in [0.3, 0.4) is 0 Å². The number of nitrogens with one attached hydrogen (secondary N) is 2. The average molecular weight is 384 g/mol. The summed E-state index contributed by atoms with van der Waals surface area (Å²) in [4.78, 5) is 40.6. The molecule has 1 amide bonds. The molecule has 1 aromatic carbocycles. The van der Waals surface area contributed by atoms with Gasteiger partial charge in [0, 0.05) is 34.3 Å². The van der Waals surface area contributed by atoms with Gasteiger partial charge in [-0.2, -0.15) is 4.68 Å². The lowest BCUT2D eigenvalue weighted by molar-refractivity contribution is -0.116. The first-order valence-electron chi connectivity index (χ1n) is 8.49. The largest absolute Gasteiger partial charge is 0.326 e. The molecule has 0 unspecified atom stereocenters. The predicted molar refractivity (Wildman–Crippen MR) is 105 cm³/mol. The van der Waals surface area contributed by atoms with Gasteiger partial charge in [0.1, 0.15) is 0 Å². The lowest BCUT2D eigenvalue weighted by atomic mass is 10.1. The third kappa shape index (κ3) is 4.22. The Morgan fingerprint density at radius 3 is 2.74 bits per heavy atom. The molecule has 0 fully saturated rings. The zero-order chi connectivity index (χ0) is 19.6. The standard InChI is InChI=1S/C19H20N4O3S/c1-11-10-27-19(20-11)23-18(26)16(12(2)22-23)7-8-17(25)21-15-6-4-5-14(9-15)13(3)24/h4-6,9-10,22H,7-8H2,1-3H3,(H,21,25). The highest BCUT2D eigenvalue weighted by Crippen LogP contribution is 2.15. The summed E-state index contributed by atoms with van der Waals surface area (Å²) >= 11 is 1.38. The van der Waals surface area contributed by atoms with Crippen LogP contribution in [0.5, 0.6) is 0 Å². The van der Waals surface area contributed by atoms with E-state index < -0.39 is 0 Å². The first-order valence-corrected chi connectivity index (χ1v) is 9.37. The second-order valence-electron chi connectivity index (χ2n) is 6.31. The fourth-order valence-electron chi connectivity index (χ4n) is 2.73. The van der Waals surface area contributed by atoms with Crippen LogP contribution in [-0.4, -0.2) is 26.5 Å². The number of rotatable bonds is 6. The number of aromatic amines is 1. The van der Waals surface area contributed by atoms with Crippen LogP contribution >= 0.6 is 11.3 Å². The van der Waals surface area contributed by atoms with Crippen LogP contribution in [-0.2, 0) is 11.2 Å². The average Bonchev–Trinajstić information content (AvgIpc) is 3.16. The van der Waals surface area contributed by atoms with E-state index in [1.807, 2.05) is 19.2 Å². The highest BCUT2D eigenvalue weighted by atomic mass is 32.1. The van der Waals surface area contributed by atoms with Crippen molar-refractivity contribution in [3.63, 3.8) is 0 Å². The van der Waals surface area contributed by atoms with Crippen molar-refractivity contribution in [1.29, 1.82) is 0 Å². The molecule has 0 radical (unpaired) electrons. The third-order valence-corrected chi connectivity index (χ3v) is 5.09. The SMILES string of the molecule is CC(=O)c1cccc(NC(=O)CCc2c(C)[nH]n(-c3nc(C)cs3)c2=O)c1. The molecule has 8 heteroatoms. The van der Waals surface area contributed by atoms with Crippen LogP contribution in [0, 0.1) is 13.8 Å². The summed E-state index contributed by atoms with van der Waals surface area (Å²) in [5.74, 6) is -0.278. The van der Waals surface area contributed by atoms with Gasteiger partial charge in [0.15, 0.2) is 5.78 Å². The Kier molecular flexibility index (Phi) is 5.36. The molecule has 0 bridgehead atoms. The molecule has 0 atom stereocenters. The fourth-order valence-corrected chi connectivity index (χ4v) is 3.49. The highest BCUT2D eigenvalue weighted by Gasteiger charge is 2.15. The van der Waals surface area contributed by atoms with Crippen molar-refractivity contribution in [2.75, 3.05) is 5.32 Å². The Hall–Kier alpha value is -3.00. The number of carbonyl (C=O) groups excluding carboxylic acids is 2. The zero-order valence-corrected chi connectivity index (χ0v) is 16.1. The number of H-pyrrole nitrogens is 1. The Balaban J connectivity index is 1.69. The number of thiazole rings is 1. The van der Waals surface area contributed by atoms with Crippen molar-refractivity contribution < 1.29 is 9.59 Å². The number of carbonyl (C=O) groups is 2. The van der Waals surface area contributed by atoms with Crippen LogP contribution in [0.2, 0.25) is 0 Å². The van der Waals surface area contributed by atoms with Crippen LogP contribution < -0.4 is 10.9 Å². The number of anilines is 1. The minimum absolute atomic E-state index is 0.0629. The Bertz CT molecular complexity index is 1060. The molecule has 0 aliphatic heterocycles. The molecule has 0 spiro atoms. The van der Waals surface area contributed by atoms with Gasteiger partial charge in [0.2, 0.25) is 11.0 Å². The molecular weight excluding hydrogens is 364 g/mol. The second kappa shape index (κ2) is 7.71. The molecule has 0 saturated carbocycles. The van der Waals surface area contributed by atoms with E-state index in [1.54, 1.807) is 24.3 Å². The van der Waals surface area contributed by atoms with E-state index >= 15 is 0 Å². The Morgan fingerprint density at radius 2 is 2.07 bits per heavy atom. The predicted octanol–water partition coefficient (Wildman–Crippen LogP) is 3.01. The van der Waals surface area contributed by atoms with Crippen LogP contribution in [0.15, 0.2) is 34.4 Å². The van der Waals surface area contributed by atoms with E-state index in [0.717, 1.165) is 11.4 Å². The summed E-state index contributed by atoms with van der Waals surface area (Å²) in [6, 6.07) is 6.78. The van der Waals surface area contributed by atoms with Crippen molar-refractivity contribution in [1.82, 2.24) is 14.8 Å². The van der Waals surface area contributed by atoms with Gasteiger partial charge in [0.25, 0.3) is 5.56 Å². The molecule has 2 heterocycles. The lowest BCUT2D eigenvalue weighted by Gasteiger charge is -2.06. The first-order chi connectivity index (χ1) is 12.8. The molecule has 27 heavy (non-hydrogen) atoms. The number of hydrogen-bond acceptors (Lipinski definition) is 5. The maximum absolute atomic E-state index is 12.6. The van der Waals surface area contributed by atoms with E-state index in [2.05, 4.69) is 15.4 Å². The van der Waals surface area contributed by atoms with E-state index in [-0.39, 0.29) is 23.7 Å². The molecule has 2 N–H and O–H groups in total. The summed E-state index contributed by atoms with van der Waals surface area (Å²) in [6.07, 6.45) is 0.478. The number of nitrogens with zero attached hydrogens (tertiary/aromatic N) is 2. The minimum atomic E-state index is -0.215. The molecule has 0 saturated heterocycles. The summed E-state index contributed by atoms with van der Waals surface area (Å²) in [5, 5.41) is 8.24. The van der Waals surface area contributed by atoms with Crippen molar-refractivity contribution in [3.8, 4) is 5.13 Å². The van der Waals surface area contributed by atoms with Crippen molar-refractivity contribution in [2.45, 2.75) is 33.6 Å². The van der Waals surface area contributed by atoms with Gasteiger partial charge in [0.05, 0.1) is 5.69 Å². The monoisotopic (exact) mass is 384 g/mol. The molecular formula is C19H20N4O3S. The van der Waals surface area contributed by atoms with Crippen LogP contribution in [0.4, 0.5) is 5.69 Å². The topological polar surface area (TPSA) is 96.8 Å². The third-order valence-electron chi connectivity index (χ3n) is 4.15. The number of aryl methyl sites for hydroxylation is 2. The van der Waals surface area contributed by atoms with Gasteiger partial charge in [-0.15, -0.1) is 11.3 Å². The zero-order valence-electron chi connectivity index (χ0n) is 15.3. The highest BCUT2D eigenvalue weighted by molar-refractivity contribution is 7.12. The number of amides is 1. The minimum Gasteiger partial charge on any atom is -0.326 e. The summed E-state index contributed by atoms with van der Waals surface area (Å²) < 4.78 is 1.41. The molecule has 3 aromatic rings. The van der Waals surface area contributed by atoms with Crippen LogP contribution in [0.1, 0.15) is 40.7 Å². The second-order valence-corrected chi connectivity index (χ2v) is 7.15. The summed E-state index contributed by atoms with van der Waals surface area (Å²) in [6.45, 7) is 5.15. The molecule has 2 aromatic heterocycles. The number of aromatic nitrogens is 3. The van der Waals surface area contributed by atoms with Crippen molar-refractivity contribution in [3.05, 3.63) is 62.5 Å². The maximum Gasteiger partial charge on any atom is 0.276 e. The molecule has 0 aliphatic rings.